The van der Waals surface area contributed by atoms with Crippen LogP contribution in [0.25, 0.3) is 0 Å². The predicted octanol–water partition coefficient (Wildman–Crippen LogP) is 3.58. The van der Waals surface area contributed by atoms with Gasteiger partial charge in [-0.2, -0.15) is 0 Å². The summed E-state index contributed by atoms with van der Waals surface area (Å²) in [5.41, 5.74) is 0.970. The first-order chi connectivity index (χ1) is 9.10. The van der Waals surface area contributed by atoms with Crippen LogP contribution in [0.5, 0.6) is 0 Å². The smallest absolute Gasteiger partial charge is 0.341 e. The van der Waals surface area contributed by atoms with E-state index in [9.17, 15) is 9.18 Å². The number of carbonyl (C=O) groups is 1. The fourth-order valence-electron chi connectivity index (χ4n) is 1.49. The number of hydrogen-bond acceptors (Lipinski definition) is 4. The summed E-state index contributed by atoms with van der Waals surface area (Å²) in [4.78, 5) is 11.2. The molecule has 0 fully saturated rings. The van der Waals surface area contributed by atoms with Gasteiger partial charge in [0.25, 0.3) is 0 Å². The van der Waals surface area contributed by atoms with E-state index in [-0.39, 0.29) is 5.82 Å². The Morgan fingerprint density at radius 2 is 2.26 bits per heavy atom. The summed E-state index contributed by atoms with van der Waals surface area (Å²) >= 11 is 3.08. The first-order valence-corrected chi connectivity index (χ1v) is 6.24. The molecule has 1 aromatic heterocycles. The van der Waals surface area contributed by atoms with Gasteiger partial charge < -0.3 is 14.5 Å². The Hall–Kier alpha value is -1.82. The van der Waals surface area contributed by atoms with Crippen LogP contribution in [0.3, 0.4) is 0 Å². The second-order valence-electron chi connectivity index (χ2n) is 3.78. The van der Waals surface area contributed by atoms with E-state index in [2.05, 4.69) is 26.0 Å². The number of anilines is 1. The van der Waals surface area contributed by atoms with Crippen LogP contribution >= 0.6 is 15.9 Å². The predicted molar refractivity (Wildman–Crippen MR) is 71.5 cm³/mol. The molecule has 19 heavy (non-hydrogen) atoms. The molecule has 0 aliphatic rings. The zero-order valence-electron chi connectivity index (χ0n) is 10.1. The first kappa shape index (κ1) is 13.6. The van der Waals surface area contributed by atoms with Crippen molar-refractivity contribution >= 4 is 27.6 Å². The molecule has 1 N–H and O–H groups in total. The number of carbonyl (C=O) groups excluding carboxylic acids is 1. The molecular formula is C13H11BrFNO3. The Bertz CT molecular complexity index is 597. The zero-order valence-corrected chi connectivity index (χ0v) is 11.7. The summed E-state index contributed by atoms with van der Waals surface area (Å²) < 4.78 is 23.5. The fraction of sp³-hybridized carbons (Fsp3) is 0.154. The van der Waals surface area contributed by atoms with Crippen LogP contribution < -0.4 is 5.32 Å². The van der Waals surface area contributed by atoms with Crippen molar-refractivity contribution in [1.29, 1.82) is 0 Å². The van der Waals surface area contributed by atoms with Crippen LogP contribution in [0.4, 0.5) is 10.1 Å². The molecule has 0 spiro atoms. The summed E-state index contributed by atoms with van der Waals surface area (Å²) in [5.74, 6) is -0.242. The Labute approximate surface area is 117 Å². The average Bonchev–Trinajstić information content (AvgIpc) is 2.88. The molecule has 100 valence electrons. The van der Waals surface area contributed by atoms with Gasteiger partial charge in [0.15, 0.2) is 0 Å². The van der Waals surface area contributed by atoms with Crippen molar-refractivity contribution in [3.8, 4) is 0 Å². The number of halogens is 2. The highest BCUT2D eigenvalue weighted by Gasteiger charge is 2.10. The van der Waals surface area contributed by atoms with Crippen LogP contribution in [0.15, 0.2) is 39.4 Å². The number of benzene rings is 1. The number of nitrogens with one attached hydrogen (secondary N) is 1. The molecule has 0 radical (unpaired) electrons. The lowest BCUT2D eigenvalue weighted by molar-refractivity contribution is 0.0600. The highest BCUT2D eigenvalue weighted by atomic mass is 79.9. The number of hydrogen-bond donors (Lipinski definition) is 1. The van der Waals surface area contributed by atoms with Gasteiger partial charge in [-0.25, -0.2) is 9.18 Å². The Morgan fingerprint density at radius 1 is 1.47 bits per heavy atom. The number of ether oxygens (including phenoxy) is 1. The molecule has 0 unspecified atom stereocenters. The van der Waals surface area contributed by atoms with Crippen molar-refractivity contribution in [2.45, 2.75) is 6.54 Å². The molecule has 0 aliphatic carbocycles. The maximum atomic E-state index is 13.3. The first-order valence-electron chi connectivity index (χ1n) is 5.45. The largest absolute Gasteiger partial charge is 0.467 e. The molecule has 6 heteroatoms. The normalized spacial score (nSPS) is 10.3. The van der Waals surface area contributed by atoms with Crippen molar-refractivity contribution in [3.05, 3.63) is 52.1 Å². The van der Waals surface area contributed by atoms with E-state index in [0.717, 1.165) is 0 Å². The highest BCUT2D eigenvalue weighted by molar-refractivity contribution is 9.10. The lowest BCUT2D eigenvalue weighted by atomic mass is 10.3. The van der Waals surface area contributed by atoms with Crippen molar-refractivity contribution in [2.24, 2.45) is 0 Å². The molecule has 2 rings (SSSR count). The SMILES string of the molecule is COC(=O)c1coc(CNc2ccc(Br)c(F)c2)c1. The quantitative estimate of drug-likeness (QED) is 0.872. The second kappa shape index (κ2) is 5.88. The van der Waals surface area contributed by atoms with Crippen LogP contribution in [0.1, 0.15) is 16.1 Å². The minimum atomic E-state index is -0.454. The van der Waals surface area contributed by atoms with Gasteiger partial charge in [-0.3, -0.25) is 0 Å². The topological polar surface area (TPSA) is 51.5 Å². The van der Waals surface area contributed by atoms with Crippen molar-refractivity contribution in [3.63, 3.8) is 0 Å². The summed E-state index contributed by atoms with van der Waals surface area (Å²) in [5, 5.41) is 2.99. The summed E-state index contributed by atoms with van der Waals surface area (Å²) in [6.45, 7) is 0.345. The van der Waals surface area contributed by atoms with Gasteiger partial charge in [0.2, 0.25) is 0 Å². The van der Waals surface area contributed by atoms with Gasteiger partial charge >= 0.3 is 5.97 Å². The lowest BCUT2D eigenvalue weighted by Crippen LogP contribution is -2.00. The molecule has 2 aromatic rings. The van der Waals surface area contributed by atoms with Gasteiger partial charge in [-0.1, -0.05) is 0 Å². The molecule has 0 atom stereocenters. The molecule has 0 saturated carbocycles. The number of methoxy groups -OCH3 is 1. The molecule has 0 aliphatic heterocycles. The van der Waals surface area contributed by atoms with E-state index in [1.54, 1.807) is 18.2 Å². The third-order valence-corrected chi connectivity index (χ3v) is 3.10. The van der Waals surface area contributed by atoms with Crippen LogP contribution in [0, 0.1) is 5.82 Å². The number of furan rings is 1. The van der Waals surface area contributed by atoms with E-state index in [1.165, 1.54) is 19.4 Å². The van der Waals surface area contributed by atoms with Gasteiger partial charge in [0.1, 0.15) is 17.8 Å². The molecule has 1 heterocycles. The molecule has 0 saturated heterocycles. The van der Waals surface area contributed by atoms with E-state index in [4.69, 9.17) is 4.42 Å². The maximum Gasteiger partial charge on any atom is 0.341 e. The fourth-order valence-corrected chi connectivity index (χ4v) is 1.74. The summed E-state index contributed by atoms with van der Waals surface area (Å²) in [6, 6.07) is 6.29. The molecule has 0 amide bonds. The van der Waals surface area contributed by atoms with Crippen LogP contribution in [-0.4, -0.2) is 13.1 Å². The monoisotopic (exact) mass is 327 g/mol. The van der Waals surface area contributed by atoms with Gasteiger partial charge in [0.05, 0.1) is 23.7 Å². The van der Waals surface area contributed by atoms with Crippen LogP contribution in [0.2, 0.25) is 0 Å². The minimum Gasteiger partial charge on any atom is -0.467 e. The molecule has 1 aromatic carbocycles. The second-order valence-corrected chi connectivity index (χ2v) is 4.63. The van der Waals surface area contributed by atoms with Gasteiger partial charge in [-0.05, 0) is 40.2 Å². The minimum absolute atomic E-state index is 0.345. The van der Waals surface area contributed by atoms with Gasteiger partial charge in [0, 0.05) is 5.69 Å². The molecular weight excluding hydrogens is 317 g/mol. The third-order valence-electron chi connectivity index (χ3n) is 2.46. The van der Waals surface area contributed by atoms with E-state index < -0.39 is 5.97 Å². The van der Waals surface area contributed by atoms with Gasteiger partial charge in [-0.15, -0.1) is 0 Å². The van der Waals surface area contributed by atoms with Crippen LogP contribution in [-0.2, 0) is 11.3 Å². The van der Waals surface area contributed by atoms with E-state index in [0.29, 0.717) is 28.0 Å². The lowest BCUT2D eigenvalue weighted by Gasteiger charge is -2.04. The van der Waals surface area contributed by atoms with E-state index in [1.807, 2.05) is 0 Å². The Morgan fingerprint density at radius 3 is 2.95 bits per heavy atom. The maximum absolute atomic E-state index is 13.3. The third kappa shape index (κ3) is 3.35. The van der Waals surface area contributed by atoms with Crippen molar-refractivity contribution in [1.82, 2.24) is 0 Å². The average molecular weight is 328 g/mol. The zero-order chi connectivity index (χ0) is 13.8. The Balaban J connectivity index is 2.00. The van der Waals surface area contributed by atoms with E-state index >= 15 is 0 Å². The molecule has 0 bridgehead atoms. The molecule has 4 nitrogen and oxygen atoms in total. The number of rotatable bonds is 4. The number of esters is 1. The standard InChI is InChI=1S/C13H11BrFNO3/c1-18-13(17)8-4-10(19-7-8)6-16-9-2-3-11(14)12(15)5-9/h2-5,7,16H,6H2,1H3. The van der Waals surface area contributed by atoms with Crippen molar-refractivity contribution in [2.75, 3.05) is 12.4 Å². The Kier molecular flexibility index (Phi) is 4.21. The summed E-state index contributed by atoms with van der Waals surface area (Å²) in [6.07, 6.45) is 1.32. The summed E-state index contributed by atoms with van der Waals surface area (Å²) in [7, 11) is 1.30. The highest BCUT2D eigenvalue weighted by Crippen LogP contribution is 2.20. The van der Waals surface area contributed by atoms with Crippen molar-refractivity contribution < 1.29 is 18.3 Å².